The van der Waals surface area contributed by atoms with Crippen molar-refractivity contribution in [1.29, 1.82) is 0 Å². The number of aliphatic hydroxyl groups is 1. The molecular formula is C19H24F4N2O2. The van der Waals surface area contributed by atoms with Crippen molar-refractivity contribution in [2.45, 2.75) is 56.7 Å². The van der Waals surface area contributed by atoms with Gasteiger partial charge in [0.1, 0.15) is 5.82 Å². The maximum Gasteiger partial charge on any atom is 0.416 e. The number of urea groups is 1. The number of alkyl halides is 3. The standard InChI is InChI=1S/C19H24F4N2O2/c20-15-9-14(19(21,22)23)10-16(11-15)24-17(26)25-7-5-18(27,6-8-25)12-13-3-1-2-4-13/h9-11,13,27H,1-8,12H2,(H,24,26). The molecule has 3 rings (SSSR count). The third-order valence-corrected chi connectivity index (χ3v) is 5.60. The second kappa shape index (κ2) is 7.66. The van der Waals surface area contributed by atoms with Gasteiger partial charge >= 0.3 is 12.2 Å². The van der Waals surface area contributed by atoms with Gasteiger partial charge in [0.25, 0.3) is 0 Å². The number of piperidine rings is 1. The lowest BCUT2D eigenvalue weighted by molar-refractivity contribution is -0.137. The van der Waals surface area contributed by atoms with Crippen molar-refractivity contribution in [1.82, 2.24) is 4.90 Å². The Balaban J connectivity index is 1.57. The predicted molar refractivity (Wildman–Crippen MR) is 92.8 cm³/mol. The largest absolute Gasteiger partial charge is 0.416 e. The molecule has 4 nitrogen and oxygen atoms in total. The highest BCUT2D eigenvalue weighted by atomic mass is 19.4. The first-order chi connectivity index (χ1) is 12.6. The van der Waals surface area contributed by atoms with Crippen molar-refractivity contribution in [3.8, 4) is 0 Å². The molecule has 0 radical (unpaired) electrons. The van der Waals surface area contributed by atoms with Gasteiger partial charge in [-0.3, -0.25) is 0 Å². The second-order valence-corrected chi connectivity index (χ2v) is 7.72. The van der Waals surface area contributed by atoms with Crippen LogP contribution < -0.4 is 5.32 Å². The van der Waals surface area contributed by atoms with Gasteiger partial charge in [-0.25, -0.2) is 9.18 Å². The number of amides is 2. The fraction of sp³-hybridized carbons (Fsp3) is 0.632. The number of hydrogen-bond acceptors (Lipinski definition) is 2. The third-order valence-electron chi connectivity index (χ3n) is 5.60. The zero-order valence-electron chi connectivity index (χ0n) is 15.0. The lowest BCUT2D eigenvalue weighted by atomic mass is 9.82. The molecule has 2 amide bonds. The van der Waals surface area contributed by atoms with Crippen LogP contribution in [0, 0.1) is 11.7 Å². The van der Waals surface area contributed by atoms with E-state index in [0.717, 1.165) is 25.3 Å². The minimum atomic E-state index is -4.69. The number of halogens is 4. The maximum atomic E-state index is 13.4. The molecule has 0 unspecified atom stereocenters. The number of hydrogen-bond donors (Lipinski definition) is 2. The van der Waals surface area contributed by atoms with E-state index >= 15 is 0 Å². The number of rotatable bonds is 3. The highest BCUT2D eigenvalue weighted by Crippen LogP contribution is 2.37. The highest BCUT2D eigenvalue weighted by molar-refractivity contribution is 5.89. The van der Waals surface area contributed by atoms with Crippen LogP contribution in [0.4, 0.5) is 28.0 Å². The van der Waals surface area contributed by atoms with Gasteiger partial charge in [0.2, 0.25) is 0 Å². The predicted octanol–water partition coefficient (Wildman–Crippen LogP) is 4.78. The zero-order chi connectivity index (χ0) is 19.7. The molecule has 1 saturated heterocycles. The Labute approximate surface area is 155 Å². The van der Waals surface area contributed by atoms with E-state index < -0.39 is 29.2 Å². The van der Waals surface area contributed by atoms with Crippen LogP contribution in [0.5, 0.6) is 0 Å². The van der Waals surface area contributed by atoms with E-state index in [1.54, 1.807) is 0 Å². The van der Waals surface area contributed by atoms with Crippen molar-refractivity contribution in [2.24, 2.45) is 5.92 Å². The monoisotopic (exact) mass is 388 g/mol. The van der Waals surface area contributed by atoms with Crippen molar-refractivity contribution in [2.75, 3.05) is 18.4 Å². The lowest BCUT2D eigenvalue weighted by Gasteiger charge is -2.39. The summed E-state index contributed by atoms with van der Waals surface area (Å²) in [6.07, 6.45) is 1.58. The highest BCUT2D eigenvalue weighted by Gasteiger charge is 2.37. The van der Waals surface area contributed by atoms with Crippen LogP contribution in [0.3, 0.4) is 0 Å². The zero-order valence-corrected chi connectivity index (χ0v) is 15.0. The average molecular weight is 388 g/mol. The van der Waals surface area contributed by atoms with E-state index in [4.69, 9.17) is 0 Å². The average Bonchev–Trinajstić information content (AvgIpc) is 3.06. The normalized spacial score (nSPS) is 20.7. The van der Waals surface area contributed by atoms with Gasteiger partial charge < -0.3 is 15.3 Å². The van der Waals surface area contributed by atoms with Crippen LogP contribution in [0.2, 0.25) is 0 Å². The summed E-state index contributed by atoms with van der Waals surface area (Å²) < 4.78 is 51.8. The summed E-state index contributed by atoms with van der Waals surface area (Å²) in [5.74, 6) is -0.534. The molecule has 1 saturated carbocycles. The summed E-state index contributed by atoms with van der Waals surface area (Å²) >= 11 is 0. The summed E-state index contributed by atoms with van der Waals surface area (Å²) in [4.78, 5) is 13.8. The van der Waals surface area contributed by atoms with E-state index in [1.807, 2.05) is 0 Å². The molecule has 2 N–H and O–H groups in total. The van der Waals surface area contributed by atoms with Crippen LogP contribution in [0.15, 0.2) is 18.2 Å². The Morgan fingerprint density at radius 1 is 1.19 bits per heavy atom. The summed E-state index contributed by atoms with van der Waals surface area (Å²) in [5.41, 5.74) is -2.17. The minimum absolute atomic E-state index is 0.237. The number of likely N-dealkylation sites (tertiary alicyclic amines) is 1. The molecular weight excluding hydrogens is 364 g/mol. The molecule has 0 aromatic heterocycles. The molecule has 1 aliphatic carbocycles. The number of nitrogens with zero attached hydrogens (tertiary/aromatic N) is 1. The molecule has 8 heteroatoms. The van der Waals surface area contributed by atoms with Crippen molar-refractivity contribution < 1.29 is 27.5 Å². The van der Waals surface area contributed by atoms with Gasteiger partial charge in [-0.1, -0.05) is 25.7 Å². The van der Waals surface area contributed by atoms with E-state index in [1.165, 1.54) is 17.7 Å². The molecule has 2 fully saturated rings. The molecule has 0 atom stereocenters. The molecule has 27 heavy (non-hydrogen) atoms. The fourth-order valence-electron chi connectivity index (χ4n) is 4.11. The smallest absolute Gasteiger partial charge is 0.390 e. The van der Waals surface area contributed by atoms with Gasteiger partial charge in [-0.2, -0.15) is 13.2 Å². The molecule has 0 spiro atoms. The topological polar surface area (TPSA) is 52.6 Å². The summed E-state index contributed by atoms with van der Waals surface area (Å²) in [7, 11) is 0. The number of benzene rings is 1. The Morgan fingerprint density at radius 3 is 2.41 bits per heavy atom. The number of carbonyl (C=O) groups is 1. The van der Waals surface area contributed by atoms with Crippen LogP contribution in [-0.4, -0.2) is 34.7 Å². The van der Waals surface area contributed by atoms with Crippen LogP contribution in [-0.2, 0) is 6.18 Å². The minimum Gasteiger partial charge on any atom is -0.390 e. The number of anilines is 1. The lowest BCUT2D eigenvalue weighted by Crippen LogP contribution is -2.48. The van der Waals surface area contributed by atoms with Gasteiger partial charge in [0.15, 0.2) is 0 Å². The fourth-order valence-corrected chi connectivity index (χ4v) is 4.11. The van der Waals surface area contributed by atoms with E-state index in [9.17, 15) is 27.5 Å². The van der Waals surface area contributed by atoms with Crippen molar-refractivity contribution >= 4 is 11.7 Å². The molecule has 150 valence electrons. The van der Waals surface area contributed by atoms with Crippen LogP contribution in [0.1, 0.15) is 50.5 Å². The quantitative estimate of drug-likeness (QED) is 0.732. The Morgan fingerprint density at radius 2 is 1.81 bits per heavy atom. The van der Waals surface area contributed by atoms with Gasteiger partial charge in [0.05, 0.1) is 11.2 Å². The SMILES string of the molecule is O=C(Nc1cc(F)cc(C(F)(F)F)c1)N1CCC(O)(CC2CCCC2)CC1. The van der Waals surface area contributed by atoms with Gasteiger partial charge in [-0.05, 0) is 43.4 Å². The van der Waals surface area contributed by atoms with Crippen molar-refractivity contribution in [3.05, 3.63) is 29.6 Å². The molecule has 1 heterocycles. The van der Waals surface area contributed by atoms with Crippen LogP contribution >= 0.6 is 0 Å². The molecule has 0 bridgehead atoms. The second-order valence-electron chi connectivity index (χ2n) is 7.72. The first-order valence-corrected chi connectivity index (χ1v) is 9.31. The molecule has 1 aromatic rings. The molecule has 2 aliphatic rings. The van der Waals surface area contributed by atoms with E-state index in [0.29, 0.717) is 44.0 Å². The maximum absolute atomic E-state index is 13.4. The van der Waals surface area contributed by atoms with E-state index in [-0.39, 0.29) is 5.69 Å². The first-order valence-electron chi connectivity index (χ1n) is 9.31. The molecule has 1 aromatic carbocycles. The summed E-state index contributed by atoms with van der Waals surface area (Å²) in [6.45, 7) is 0.632. The Bertz CT molecular complexity index is 679. The summed E-state index contributed by atoms with van der Waals surface area (Å²) in [5, 5.41) is 13.1. The Hall–Kier alpha value is -1.83. The first kappa shape index (κ1) is 19.9. The van der Waals surface area contributed by atoms with E-state index in [2.05, 4.69) is 5.32 Å². The summed E-state index contributed by atoms with van der Waals surface area (Å²) in [6, 6.07) is 1.37. The third kappa shape index (κ3) is 5.12. The number of carbonyl (C=O) groups excluding carboxylic acids is 1. The van der Waals surface area contributed by atoms with Crippen molar-refractivity contribution in [3.63, 3.8) is 0 Å². The van der Waals surface area contributed by atoms with Gasteiger partial charge in [0, 0.05) is 18.8 Å². The van der Waals surface area contributed by atoms with Gasteiger partial charge in [-0.15, -0.1) is 0 Å². The Kier molecular flexibility index (Phi) is 5.65. The van der Waals surface area contributed by atoms with Crippen LogP contribution in [0.25, 0.3) is 0 Å². The molecule has 1 aliphatic heterocycles. The number of nitrogens with one attached hydrogen (secondary N) is 1.